The van der Waals surface area contributed by atoms with Crippen LogP contribution in [0.15, 0.2) is 42.5 Å². The van der Waals surface area contributed by atoms with Gasteiger partial charge in [-0.2, -0.15) is 26.3 Å². The fraction of sp³-hybridized carbons (Fsp3) is 0.478. The van der Waals surface area contributed by atoms with Gasteiger partial charge in [0, 0.05) is 5.54 Å². The molecule has 3 nitrogen and oxygen atoms in total. The molecule has 0 aliphatic carbocycles. The number of ether oxygens (including phenoxy) is 1. The third kappa shape index (κ3) is 8.72. The summed E-state index contributed by atoms with van der Waals surface area (Å²) in [7, 11) is 0. The first-order valence-corrected chi connectivity index (χ1v) is 10.3. The highest BCUT2D eigenvalue weighted by Crippen LogP contribution is 2.37. The zero-order valence-corrected chi connectivity index (χ0v) is 18.9. The van der Waals surface area contributed by atoms with E-state index in [0.717, 1.165) is 18.2 Å². The third-order valence-electron chi connectivity index (χ3n) is 5.43. The Bertz CT molecular complexity index is 865. The van der Waals surface area contributed by atoms with E-state index in [9.17, 15) is 31.4 Å². The van der Waals surface area contributed by atoms with Gasteiger partial charge in [-0.25, -0.2) is 0 Å². The number of hydrogen-bond donors (Lipinski definition) is 2. The summed E-state index contributed by atoms with van der Waals surface area (Å²) in [5.41, 5.74) is 4.59. The van der Waals surface area contributed by atoms with Crippen molar-refractivity contribution in [2.24, 2.45) is 5.73 Å². The van der Waals surface area contributed by atoms with Crippen LogP contribution < -0.4 is 10.5 Å². The molecule has 186 valence electrons. The van der Waals surface area contributed by atoms with Crippen LogP contribution in [0.2, 0.25) is 0 Å². The summed E-state index contributed by atoms with van der Waals surface area (Å²) in [5.74, 6) is -0.301. The van der Waals surface area contributed by atoms with Gasteiger partial charge < -0.3 is 15.6 Å². The highest BCUT2D eigenvalue weighted by Gasteiger charge is 2.35. The van der Waals surface area contributed by atoms with E-state index in [4.69, 9.17) is 10.5 Å². The molecule has 0 bridgehead atoms. The van der Waals surface area contributed by atoms with Gasteiger partial charge in [0.2, 0.25) is 0 Å². The maximum atomic E-state index is 13.5. The van der Waals surface area contributed by atoms with E-state index in [-0.39, 0.29) is 37.8 Å². The summed E-state index contributed by atoms with van der Waals surface area (Å²) in [6.07, 6.45) is -7.20. The number of benzene rings is 2. The van der Waals surface area contributed by atoms with Crippen molar-refractivity contribution in [2.75, 3.05) is 13.2 Å². The number of halogens is 7. The first kappa shape index (κ1) is 29.1. The first-order valence-electron chi connectivity index (χ1n) is 10.3. The summed E-state index contributed by atoms with van der Waals surface area (Å²) in [6.45, 7) is 1.53. The monoisotopic (exact) mass is 499 g/mol. The van der Waals surface area contributed by atoms with E-state index < -0.39 is 29.0 Å². The van der Waals surface area contributed by atoms with Gasteiger partial charge >= 0.3 is 12.4 Å². The molecule has 2 rings (SSSR count). The summed E-state index contributed by atoms with van der Waals surface area (Å²) in [5, 5.41) is 9.37. The first-order chi connectivity index (χ1) is 14.9. The Morgan fingerprint density at radius 3 is 2.00 bits per heavy atom. The van der Waals surface area contributed by atoms with Crippen LogP contribution >= 0.6 is 12.4 Å². The maximum Gasteiger partial charge on any atom is 0.419 e. The molecule has 0 saturated heterocycles. The van der Waals surface area contributed by atoms with Crippen molar-refractivity contribution in [1.82, 2.24) is 0 Å². The number of aliphatic hydroxyl groups excluding tert-OH is 1. The normalized spacial score (nSPS) is 13.8. The second kappa shape index (κ2) is 11.9. The SMILES string of the molecule is CC[C@@](N)(CO)CCc1ccc(OCCCc2ccc(C(F)(F)F)cc2)c(C(F)(F)F)c1.Cl. The lowest BCUT2D eigenvalue weighted by molar-refractivity contribution is -0.139. The molecule has 10 heteroatoms. The zero-order chi connectivity index (χ0) is 24.0. The predicted molar refractivity (Wildman–Crippen MR) is 117 cm³/mol. The van der Waals surface area contributed by atoms with Crippen LogP contribution in [0.4, 0.5) is 26.3 Å². The lowest BCUT2D eigenvalue weighted by Crippen LogP contribution is -2.43. The van der Waals surface area contributed by atoms with Crippen molar-refractivity contribution in [3.8, 4) is 5.75 Å². The molecule has 0 fully saturated rings. The second-order valence-electron chi connectivity index (χ2n) is 7.85. The van der Waals surface area contributed by atoms with Crippen LogP contribution in [0.25, 0.3) is 0 Å². The molecule has 2 aromatic carbocycles. The van der Waals surface area contributed by atoms with Gasteiger partial charge in [0.15, 0.2) is 0 Å². The van der Waals surface area contributed by atoms with Crippen LogP contribution in [-0.4, -0.2) is 23.9 Å². The molecular weight excluding hydrogens is 472 g/mol. The standard InChI is InChI=1S/C23H27F6NO2.ClH/c1-2-21(30,15-31)12-11-17-7-10-20(19(14-17)23(27,28)29)32-13-3-4-16-5-8-18(9-6-16)22(24,25)26;/h5-10,14,31H,2-4,11-13,15,30H2,1H3;1H/t21-;/m0./s1. The van der Waals surface area contributed by atoms with Crippen molar-refractivity contribution >= 4 is 12.4 Å². The van der Waals surface area contributed by atoms with E-state index in [1.54, 1.807) is 6.92 Å². The molecule has 0 heterocycles. The maximum absolute atomic E-state index is 13.5. The Morgan fingerprint density at radius 1 is 0.879 bits per heavy atom. The van der Waals surface area contributed by atoms with E-state index in [1.165, 1.54) is 24.3 Å². The van der Waals surface area contributed by atoms with Crippen LogP contribution in [0, 0.1) is 0 Å². The number of aliphatic hydroxyl groups is 1. The second-order valence-corrected chi connectivity index (χ2v) is 7.85. The zero-order valence-electron chi connectivity index (χ0n) is 18.1. The summed E-state index contributed by atoms with van der Waals surface area (Å²) in [4.78, 5) is 0. The Morgan fingerprint density at radius 2 is 1.48 bits per heavy atom. The number of hydrogen-bond acceptors (Lipinski definition) is 3. The molecule has 0 aliphatic rings. The Labute approximate surface area is 195 Å². The van der Waals surface area contributed by atoms with Gasteiger partial charge in [-0.1, -0.05) is 25.1 Å². The molecule has 3 N–H and O–H groups in total. The van der Waals surface area contributed by atoms with Crippen molar-refractivity contribution in [2.45, 2.75) is 56.9 Å². The topological polar surface area (TPSA) is 55.5 Å². The minimum Gasteiger partial charge on any atom is -0.493 e. The van der Waals surface area contributed by atoms with E-state index in [2.05, 4.69) is 0 Å². The van der Waals surface area contributed by atoms with Crippen molar-refractivity contribution in [1.29, 1.82) is 0 Å². The van der Waals surface area contributed by atoms with Crippen LogP contribution in [-0.2, 0) is 25.2 Å². The van der Waals surface area contributed by atoms with Crippen molar-refractivity contribution in [3.63, 3.8) is 0 Å². The van der Waals surface area contributed by atoms with E-state index in [0.29, 0.717) is 36.8 Å². The molecule has 0 aliphatic heterocycles. The van der Waals surface area contributed by atoms with Crippen LogP contribution in [0.1, 0.15) is 48.4 Å². The van der Waals surface area contributed by atoms with Gasteiger partial charge in [0.05, 0.1) is 24.3 Å². The van der Waals surface area contributed by atoms with Gasteiger partial charge in [-0.05, 0) is 67.5 Å². The third-order valence-corrected chi connectivity index (χ3v) is 5.43. The average Bonchev–Trinajstić information content (AvgIpc) is 2.74. The van der Waals surface area contributed by atoms with Gasteiger partial charge in [0.25, 0.3) is 0 Å². The molecule has 0 amide bonds. The fourth-order valence-corrected chi connectivity index (χ4v) is 3.16. The molecule has 0 radical (unpaired) electrons. The smallest absolute Gasteiger partial charge is 0.419 e. The van der Waals surface area contributed by atoms with Crippen LogP contribution in [0.3, 0.4) is 0 Å². The fourth-order valence-electron chi connectivity index (χ4n) is 3.16. The summed E-state index contributed by atoms with van der Waals surface area (Å²) >= 11 is 0. The minimum atomic E-state index is -4.61. The van der Waals surface area contributed by atoms with Crippen molar-refractivity contribution < 1.29 is 36.2 Å². The minimum absolute atomic E-state index is 0. The molecule has 2 aromatic rings. The Kier molecular flexibility index (Phi) is 10.5. The van der Waals surface area contributed by atoms with Crippen LogP contribution in [0.5, 0.6) is 5.75 Å². The van der Waals surface area contributed by atoms with Gasteiger partial charge in [0.1, 0.15) is 5.75 Å². The molecule has 1 atom stereocenters. The Hall–Kier alpha value is -1.97. The lowest BCUT2D eigenvalue weighted by atomic mass is 9.90. The average molecular weight is 500 g/mol. The molecule has 0 spiro atoms. The highest BCUT2D eigenvalue weighted by molar-refractivity contribution is 5.85. The summed E-state index contributed by atoms with van der Waals surface area (Å²) in [6, 6.07) is 8.47. The van der Waals surface area contributed by atoms with Gasteiger partial charge in [-0.3, -0.25) is 0 Å². The van der Waals surface area contributed by atoms with Gasteiger partial charge in [-0.15, -0.1) is 12.4 Å². The van der Waals surface area contributed by atoms with Crippen molar-refractivity contribution in [3.05, 3.63) is 64.7 Å². The molecule has 0 aromatic heterocycles. The lowest BCUT2D eigenvalue weighted by Gasteiger charge is -2.25. The van der Waals surface area contributed by atoms with E-state index in [1.807, 2.05) is 0 Å². The highest BCUT2D eigenvalue weighted by atomic mass is 35.5. The molecule has 0 saturated carbocycles. The number of alkyl halides is 6. The quantitative estimate of drug-likeness (QED) is 0.303. The summed E-state index contributed by atoms with van der Waals surface area (Å²) < 4.78 is 83.6. The number of nitrogens with two attached hydrogens (primary N) is 1. The predicted octanol–water partition coefficient (Wildman–Crippen LogP) is 6.19. The van der Waals surface area contributed by atoms with E-state index >= 15 is 0 Å². The largest absolute Gasteiger partial charge is 0.493 e. The molecule has 33 heavy (non-hydrogen) atoms. The Balaban J connectivity index is 0.00000544. The number of rotatable bonds is 10. The molecule has 0 unspecified atom stereocenters. The molecular formula is C23H28ClF6NO2. The number of aryl methyl sites for hydroxylation is 2.